The lowest BCUT2D eigenvalue weighted by Crippen LogP contribution is -2.43. The Morgan fingerprint density at radius 1 is 0.571 bits per heavy atom. The molecule has 0 fully saturated rings. The third-order valence-electron chi connectivity index (χ3n) is 8.29. The minimum Gasteiger partial charge on any atom is -0.497 e. The first kappa shape index (κ1) is 42.0. The smallest absolute Gasteiger partial charge is 0.497 e. The summed E-state index contributed by atoms with van der Waals surface area (Å²) in [5.74, 6) is -1.54. The number of carbonyl (C=O) groups excluding carboxylic acids is 5. The van der Waals surface area contributed by atoms with Crippen molar-refractivity contribution < 1.29 is 57.6 Å². The van der Waals surface area contributed by atoms with E-state index in [1.54, 1.807) is 62.6 Å². The minimum absolute atomic E-state index is 0.0188. The molecule has 0 aliphatic carbocycles. The Balaban J connectivity index is 1.21. The number of methoxy groups -OCH3 is 1. The maximum Gasteiger partial charge on any atom is 0.519 e. The molecule has 4 aromatic rings. The lowest BCUT2D eigenvalue weighted by molar-refractivity contribution is -0.147. The number of carboxylic acid groups (broad SMARTS) is 1. The van der Waals surface area contributed by atoms with Gasteiger partial charge in [-0.25, -0.2) is 14.4 Å². The summed E-state index contributed by atoms with van der Waals surface area (Å²) in [7, 11) is 1.58. The Hall–Kier alpha value is -6.70. The van der Waals surface area contributed by atoms with Crippen molar-refractivity contribution in [1.82, 2.24) is 10.6 Å². The van der Waals surface area contributed by atoms with Crippen LogP contribution in [0.15, 0.2) is 97.1 Å². The van der Waals surface area contributed by atoms with Gasteiger partial charge in [0.05, 0.1) is 13.7 Å². The first-order valence-corrected chi connectivity index (χ1v) is 17.9. The monoisotopic (exact) mass is 768 g/mol. The average Bonchev–Trinajstić information content (AvgIpc) is 3.17. The maximum absolute atomic E-state index is 12.7. The number of aliphatic carboxylic acids is 1. The van der Waals surface area contributed by atoms with Gasteiger partial charge in [0.2, 0.25) is 11.8 Å². The van der Waals surface area contributed by atoms with Gasteiger partial charge in [0.25, 0.3) is 0 Å². The molecule has 0 spiro atoms. The van der Waals surface area contributed by atoms with Gasteiger partial charge in [0.1, 0.15) is 35.1 Å². The number of hydrogen-bond acceptors (Lipinski definition) is 11. The summed E-state index contributed by atoms with van der Waals surface area (Å²) in [5, 5.41) is 14.9. The first-order chi connectivity index (χ1) is 26.9. The van der Waals surface area contributed by atoms with Crippen molar-refractivity contribution in [2.45, 2.75) is 64.5 Å². The topological polar surface area (TPSA) is 193 Å². The molecule has 0 bridgehead atoms. The van der Waals surface area contributed by atoms with E-state index < -0.39 is 42.1 Å². The Labute approximate surface area is 324 Å². The van der Waals surface area contributed by atoms with Crippen LogP contribution in [-0.4, -0.2) is 66.8 Å². The van der Waals surface area contributed by atoms with E-state index in [0.29, 0.717) is 29.7 Å². The molecule has 14 heteroatoms. The fourth-order valence-electron chi connectivity index (χ4n) is 5.44. The van der Waals surface area contributed by atoms with E-state index in [1.165, 1.54) is 31.2 Å². The van der Waals surface area contributed by atoms with Gasteiger partial charge in [0.15, 0.2) is 0 Å². The number of rotatable bonds is 19. The van der Waals surface area contributed by atoms with Crippen LogP contribution in [-0.2, 0) is 54.4 Å². The zero-order valence-corrected chi connectivity index (χ0v) is 31.3. The van der Waals surface area contributed by atoms with Crippen LogP contribution in [0, 0.1) is 0 Å². The quantitative estimate of drug-likeness (QED) is 0.0645. The molecule has 0 saturated carbocycles. The predicted octanol–water partition coefficient (Wildman–Crippen LogP) is 5.17. The van der Waals surface area contributed by atoms with Gasteiger partial charge >= 0.3 is 24.1 Å². The van der Waals surface area contributed by atoms with Crippen LogP contribution in [0.4, 0.5) is 4.79 Å². The van der Waals surface area contributed by atoms with Crippen LogP contribution in [0.2, 0.25) is 0 Å². The predicted molar refractivity (Wildman–Crippen MR) is 202 cm³/mol. The van der Waals surface area contributed by atoms with Crippen molar-refractivity contribution in [2.24, 2.45) is 0 Å². The zero-order chi connectivity index (χ0) is 40.5. The highest BCUT2D eigenvalue weighted by molar-refractivity contribution is 5.85. The standard InChI is InChI=1S/C42H44N2O12/c1-4-53-41(50)37(44-39(47)24-14-28-5-15-32(52-3)16-6-28)26-31-11-21-35(22-12-31)56-42(51)55-34-17-7-29(8-18-34)13-23-38(46)43-36(40(48)49)25-30-9-19-33(20-10-30)54-27(2)45/h5-12,15-22,36-37H,4,13-14,23-26H2,1-3H3,(H,43,46)(H,44,47)(H,48,49). The summed E-state index contributed by atoms with van der Waals surface area (Å²) < 4.78 is 25.9. The normalized spacial score (nSPS) is 11.6. The van der Waals surface area contributed by atoms with Crippen LogP contribution in [0.25, 0.3) is 0 Å². The van der Waals surface area contributed by atoms with E-state index in [9.17, 15) is 33.9 Å². The minimum atomic E-state index is -1.19. The second kappa shape index (κ2) is 21.3. The van der Waals surface area contributed by atoms with Crippen LogP contribution in [0.5, 0.6) is 23.0 Å². The van der Waals surface area contributed by atoms with Crippen LogP contribution in [0.3, 0.4) is 0 Å². The molecule has 2 unspecified atom stereocenters. The molecule has 56 heavy (non-hydrogen) atoms. The second-order valence-corrected chi connectivity index (χ2v) is 12.6. The van der Waals surface area contributed by atoms with Gasteiger partial charge in [-0.15, -0.1) is 0 Å². The van der Waals surface area contributed by atoms with Gasteiger partial charge in [0, 0.05) is 32.6 Å². The van der Waals surface area contributed by atoms with E-state index in [0.717, 1.165) is 16.9 Å². The molecular weight excluding hydrogens is 724 g/mol. The largest absolute Gasteiger partial charge is 0.519 e. The van der Waals surface area contributed by atoms with Crippen molar-refractivity contribution >= 4 is 35.9 Å². The summed E-state index contributed by atoms with van der Waals surface area (Å²) in [6.45, 7) is 3.11. The first-order valence-electron chi connectivity index (χ1n) is 17.9. The van der Waals surface area contributed by atoms with E-state index in [2.05, 4.69) is 10.6 Å². The fraction of sp³-hybridized carbons (Fsp3) is 0.286. The van der Waals surface area contributed by atoms with Crippen LogP contribution < -0.4 is 29.6 Å². The molecule has 0 heterocycles. The van der Waals surface area contributed by atoms with Crippen molar-refractivity contribution in [3.05, 3.63) is 119 Å². The number of benzene rings is 4. The van der Waals surface area contributed by atoms with E-state index in [-0.39, 0.29) is 49.7 Å². The molecule has 294 valence electrons. The van der Waals surface area contributed by atoms with Crippen molar-refractivity contribution in [1.29, 1.82) is 0 Å². The molecule has 2 atom stereocenters. The summed E-state index contributed by atoms with van der Waals surface area (Å²) in [5.41, 5.74) is 3.03. The van der Waals surface area contributed by atoms with Gasteiger partial charge < -0.3 is 39.4 Å². The second-order valence-electron chi connectivity index (χ2n) is 12.6. The number of carbonyl (C=O) groups is 6. The third-order valence-corrected chi connectivity index (χ3v) is 8.29. The summed E-state index contributed by atoms with van der Waals surface area (Å²) in [6, 6.07) is 24.5. The maximum atomic E-state index is 12.7. The van der Waals surface area contributed by atoms with E-state index in [4.69, 9.17) is 23.7 Å². The number of ether oxygens (including phenoxy) is 5. The summed E-state index contributed by atoms with van der Waals surface area (Å²) >= 11 is 0. The van der Waals surface area contributed by atoms with E-state index >= 15 is 0 Å². The van der Waals surface area contributed by atoms with Gasteiger partial charge in [-0.2, -0.15) is 0 Å². The molecular formula is C42H44N2O12. The fourth-order valence-corrected chi connectivity index (χ4v) is 5.44. The number of nitrogens with one attached hydrogen (secondary N) is 2. The molecule has 4 rings (SSSR count). The summed E-state index contributed by atoms with van der Waals surface area (Å²) in [4.78, 5) is 73.4. The third kappa shape index (κ3) is 14.3. The molecule has 3 N–H and O–H groups in total. The SMILES string of the molecule is CCOC(=O)C(Cc1ccc(OC(=O)Oc2ccc(CCC(=O)NC(Cc3ccc(OC(C)=O)cc3)C(=O)O)cc2)cc1)NC(=O)CCc1ccc(OC)cc1. The Bertz CT molecular complexity index is 1940. The van der Waals surface area contributed by atoms with Crippen LogP contribution in [0.1, 0.15) is 48.9 Å². The van der Waals surface area contributed by atoms with E-state index in [1.807, 2.05) is 24.3 Å². The summed E-state index contributed by atoms with van der Waals surface area (Å²) in [6.07, 6.45) is 0.178. The van der Waals surface area contributed by atoms with Crippen molar-refractivity contribution in [3.8, 4) is 23.0 Å². The highest BCUT2D eigenvalue weighted by Crippen LogP contribution is 2.19. The lowest BCUT2D eigenvalue weighted by atomic mass is 10.0. The van der Waals surface area contributed by atoms with Crippen LogP contribution >= 0.6 is 0 Å². The Morgan fingerprint density at radius 3 is 1.38 bits per heavy atom. The zero-order valence-electron chi connectivity index (χ0n) is 31.3. The lowest BCUT2D eigenvalue weighted by Gasteiger charge is -2.18. The number of amides is 2. The number of hydrogen-bond donors (Lipinski definition) is 3. The number of aryl methyl sites for hydroxylation is 2. The molecule has 2 amide bonds. The molecule has 4 aromatic carbocycles. The van der Waals surface area contributed by atoms with Gasteiger partial charge in [-0.1, -0.05) is 48.5 Å². The Kier molecular flexibility index (Phi) is 16.0. The average molecular weight is 769 g/mol. The molecule has 0 aromatic heterocycles. The highest BCUT2D eigenvalue weighted by Gasteiger charge is 2.23. The highest BCUT2D eigenvalue weighted by atomic mass is 16.7. The molecule has 0 radical (unpaired) electrons. The Morgan fingerprint density at radius 2 is 0.964 bits per heavy atom. The molecule has 0 aliphatic heterocycles. The van der Waals surface area contributed by atoms with Crippen molar-refractivity contribution in [2.75, 3.05) is 13.7 Å². The number of carboxylic acids is 1. The molecule has 14 nitrogen and oxygen atoms in total. The van der Waals surface area contributed by atoms with Crippen molar-refractivity contribution in [3.63, 3.8) is 0 Å². The van der Waals surface area contributed by atoms with Gasteiger partial charge in [-0.05, 0) is 90.6 Å². The molecule has 0 saturated heterocycles. The van der Waals surface area contributed by atoms with Gasteiger partial charge in [-0.3, -0.25) is 14.4 Å². The molecule has 0 aliphatic rings. The number of esters is 2.